The largest absolute Gasteiger partial charge is 0.464 e. The summed E-state index contributed by atoms with van der Waals surface area (Å²) in [4.78, 5) is 35.1. The molecule has 17 heavy (non-hydrogen) atoms. The highest BCUT2D eigenvalue weighted by Gasteiger charge is 2.37. The molecule has 0 aromatic heterocycles. The van der Waals surface area contributed by atoms with E-state index in [0.29, 0.717) is 0 Å². The maximum atomic E-state index is 12.0. The minimum absolute atomic E-state index is 0.167. The first-order valence-corrected chi connectivity index (χ1v) is 5.26. The summed E-state index contributed by atoms with van der Waals surface area (Å²) < 4.78 is 4.74. The number of nitrogens with one attached hydrogen (secondary N) is 1. The lowest BCUT2D eigenvalue weighted by Crippen LogP contribution is -2.51. The van der Waals surface area contributed by atoms with Crippen molar-refractivity contribution in [1.82, 2.24) is 5.32 Å². The zero-order chi connectivity index (χ0) is 12.4. The van der Waals surface area contributed by atoms with Gasteiger partial charge in [0.1, 0.15) is 0 Å². The van der Waals surface area contributed by atoms with Gasteiger partial charge in [-0.1, -0.05) is 18.2 Å². The first kappa shape index (κ1) is 11.3. The maximum absolute atomic E-state index is 12.0. The molecule has 1 aliphatic heterocycles. The Balaban J connectivity index is 2.36. The van der Waals surface area contributed by atoms with Crippen molar-refractivity contribution in [2.75, 3.05) is 6.61 Å². The first-order valence-electron chi connectivity index (χ1n) is 5.26. The maximum Gasteiger partial charge on any atom is 0.336 e. The van der Waals surface area contributed by atoms with Crippen LogP contribution in [0.5, 0.6) is 0 Å². The first-order chi connectivity index (χ1) is 8.15. The molecule has 1 amide bonds. The van der Waals surface area contributed by atoms with Crippen LogP contribution in [-0.2, 0) is 9.53 Å². The molecular weight excluding hydrogens is 222 g/mol. The van der Waals surface area contributed by atoms with Crippen LogP contribution in [0.3, 0.4) is 0 Å². The number of rotatable bonds is 2. The van der Waals surface area contributed by atoms with Gasteiger partial charge in [0.15, 0.2) is 11.8 Å². The third kappa shape index (κ3) is 1.91. The molecule has 0 bridgehead atoms. The molecule has 1 aromatic rings. The molecule has 0 fully saturated rings. The monoisotopic (exact) mass is 233 g/mol. The van der Waals surface area contributed by atoms with Crippen molar-refractivity contribution in [3.8, 4) is 0 Å². The number of fused-ring (bicyclic) bond motifs is 1. The summed E-state index contributed by atoms with van der Waals surface area (Å²) in [6.07, 6.45) is 0. The number of hydrogen-bond donors (Lipinski definition) is 1. The molecular formula is C12H11NO4. The highest BCUT2D eigenvalue weighted by molar-refractivity contribution is 6.22. The molecule has 0 radical (unpaired) electrons. The van der Waals surface area contributed by atoms with Crippen LogP contribution in [0.1, 0.15) is 27.6 Å². The summed E-state index contributed by atoms with van der Waals surface area (Å²) in [5.41, 5.74) is 0.548. The third-order valence-corrected chi connectivity index (χ3v) is 2.50. The lowest BCUT2D eigenvalue weighted by molar-refractivity contribution is -0.144. The zero-order valence-electron chi connectivity index (χ0n) is 9.23. The standard InChI is InChI=1S/C12H11NO4/c1-2-17-12(16)9-10(14)7-5-3-4-6-8(7)11(15)13-9/h3-6,9H,2H2,1H3,(H,13,15)/t9-/m1/s1. The second kappa shape index (κ2) is 4.37. The molecule has 0 saturated heterocycles. The molecule has 1 aliphatic rings. The third-order valence-electron chi connectivity index (χ3n) is 2.50. The Morgan fingerprint density at radius 2 is 1.94 bits per heavy atom. The topological polar surface area (TPSA) is 72.5 Å². The van der Waals surface area contributed by atoms with E-state index in [4.69, 9.17) is 4.74 Å². The van der Waals surface area contributed by atoms with Crippen molar-refractivity contribution < 1.29 is 19.1 Å². The van der Waals surface area contributed by atoms with Crippen LogP contribution in [0.15, 0.2) is 24.3 Å². The van der Waals surface area contributed by atoms with Crippen molar-refractivity contribution in [3.05, 3.63) is 35.4 Å². The van der Waals surface area contributed by atoms with E-state index in [9.17, 15) is 14.4 Å². The predicted octanol–water partition coefficient (Wildman–Crippen LogP) is 0.544. The average molecular weight is 233 g/mol. The van der Waals surface area contributed by atoms with Crippen molar-refractivity contribution in [1.29, 1.82) is 0 Å². The number of benzene rings is 1. The van der Waals surface area contributed by atoms with E-state index in [0.717, 1.165) is 0 Å². The number of amides is 1. The number of carbonyl (C=O) groups excluding carboxylic acids is 3. The van der Waals surface area contributed by atoms with Gasteiger partial charge in [-0.05, 0) is 13.0 Å². The van der Waals surface area contributed by atoms with E-state index in [1.165, 1.54) is 6.07 Å². The average Bonchev–Trinajstić information content (AvgIpc) is 2.34. The number of ether oxygens (including phenoxy) is 1. The summed E-state index contributed by atoms with van der Waals surface area (Å²) in [5.74, 6) is -1.59. The smallest absolute Gasteiger partial charge is 0.336 e. The Labute approximate surface area is 97.8 Å². The molecule has 2 rings (SSSR count). The fourth-order valence-corrected chi connectivity index (χ4v) is 1.72. The van der Waals surface area contributed by atoms with E-state index >= 15 is 0 Å². The minimum atomic E-state index is -1.22. The van der Waals surface area contributed by atoms with Gasteiger partial charge < -0.3 is 10.1 Å². The summed E-state index contributed by atoms with van der Waals surface area (Å²) in [6.45, 7) is 1.81. The predicted molar refractivity (Wildman–Crippen MR) is 58.7 cm³/mol. The van der Waals surface area contributed by atoms with Crippen LogP contribution in [0.2, 0.25) is 0 Å². The summed E-state index contributed by atoms with van der Waals surface area (Å²) in [5, 5.41) is 2.34. The molecule has 0 unspecified atom stereocenters. The van der Waals surface area contributed by atoms with E-state index in [1.807, 2.05) is 0 Å². The van der Waals surface area contributed by atoms with Gasteiger partial charge in [-0.15, -0.1) is 0 Å². The normalized spacial score (nSPS) is 18.3. The molecule has 5 heteroatoms. The van der Waals surface area contributed by atoms with Crippen molar-refractivity contribution in [2.24, 2.45) is 0 Å². The van der Waals surface area contributed by atoms with Gasteiger partial charge in [-0.3, -0.25) is 9.59 Å². The van der Waals surface area contributed by atoms with Gasteiger partial charge in [0, 0.05) is 5.56 Å². The van der Waals surface area contributed by atoms with Gasteiger partial charge in [0.2, 0.25) is 0 Å². The van der Waals surface area contributed by atoms with E-state index in [2.05, 4.69) is 5.32 Å². The van der Waals surface area contributed by atoms with E-state index < -0.39 is 23.7 Å². The summed E-state index contributed by atoms with van der Waals surface area (Å²) in [7, 11) is 0. The number of esters is 1. The van der Waals surface area contributed by atoms with Crippen molar-refractivity contribution >= 4 is 17.7 Å². The highest BCUT2D eigenvalue weighted by Crippen LogP contribution is 2.17. The number of Topliss-reactive ketones (excluding diaryl/α,β-unsaturated/α-hetero) is 1. The second-order valence-corrected chi connectivity index (χ2v) is 3.57. The van der Waals surface area contributed by atoms with Crippen molar-refractivity contribution in [2.45, 2.75) is 13.0 Å². The molecule has 0 saturated carbocycles. The molecule has 1 atom stereocenters. The molecule has 1 N–H and O–H groups in total. The Bertz CT molecular complexity index is 495. The molecule has 1 aromatic carbocycles. The molecule has 1 heterocycles. The molecule has 88 valence electrons. The van der Waals surface area contributed by atoms with Crippen LogP contribution in [0.4, 0.5) is 0 Å². The van der Waals surface area contributed by atoms with Gasteiger partial charge in [-0.2, -0.15) is 0 Å². The fraction of sp³-hybridized carbons (Fsp3) is 0.250. The second-order valence-electron chi connectivity index (χ2n) is 3.57. The Morgan fingerprint density at radius 3 is 2.59 bits per heavy atom. The Morgan fingerprint density at radius 1 is 1.29 bits per heavy atom. The summed E-state index contributed by atoms with van der Waals surface area (Å²) >= 11 is 0. The Hall–Kier alpha value is -2.17. The molecule has 0 spiro atoms. The Kier molecular flexibility index (Phi) is 2.91. The van der Waals surface area contributed by atoms with Gasteiger partial charge in [0.05, 0.1) is 12.2 Å². The number of hydrogen-bond acceptors (Lipinski definition) is 4. The van der Waals surface area contributed by atoms with Crippen LogP contribution >= 0.6 is 0 Å². The summed E-state index contributed by atoms with van der Waals surface area (Å²) in [6, 6.07) is 5.16. The van der Waals surface area contributed by atoms with E-state index in [-0.39, 0.29) is 17.7 Å². The zero-order valence-corrected chi connectivity index (χ0v) is 9.23. The lowest BCUT2D eigenvalue weighted by Gasteiger charge is -2.22. The van der Waals surface area contributed by atoms with Crippen molar-refractivity contribution in [3.63, 3.8) is 0 Å². The fourth-order valence-electron chi connectivity index (χ4n) is 1.72. The van der Waals surface area contributed by atoms with Crippen LogP contribution in [0, 0.1) is 0 Å². The van der Waals surface area contributed by atoms with Crippen LogP contribution < -0.4 is 5.32 Å². The van der Waals surface area contributed by atoms with Crippen LogP contribution in [-0.4, -0.2) is 30.3 Å². The van der Waals surface area contributed by atoms with Crippen LogP contribution in [0.25, 0.3) is 0 Å². The lowest BCUT2D eigenvalue weighted by atomic mass is 9.94. The number of carbonyl (C=O) groups is 3. The molecule has 5 nitrogen and oxygen atoms in total. The van der Waals surface area contributed by atoms with Gasteiger partial charge >= 0.3 is 5.97 Å². The minimum Gasteiger partial charge on any atom is -0.464 e. The highest BCUT2D eigenvalue weighted by atomic mass is 16.5. The van der Waals surface area contributed by atoms with Gasteiger partial charge in [0.25, 0.3) is 5.91 Å². The quantitative estimate of drug-likeness (QED) is 0.598. The number of ketones is 1. The molecule has 0 aliphatic carbocycles. The van der Waals surface area contributed by atoms with E-state index in [1.54, 1.807) is 25.1 Å². The SMILES string of the molecule is CCOC(=O)[C@@H]1NC(=O)c2ccccc2C1=O. The van der Waals surface area contributed by atoms with Gasteiger partial charge in [-0.25, -0.2) is 4.79 Å².